The van der Waals surface area contributed by atoms with E-state index in [1.165, 1.54) is 0 Å². The highest BCUT2D eigenvalue weighted by molar-refractivity contribution is 6.30. The van der Waals surface area contributed by atoms with Gasteiger partial charge in [0.15, 0.2) is 18.1 Å². The van der Waals surface area contributed by atoms with Crippen LogP contribution < -0.4 is 9.47 Å². The summed E-state index contributed by atoms with van der Waals surface area (Å²) >= 11 is 5.82. The highest BCUT2D eigenvalue weighted by atomic mass is 35.5. The fraction of sp³-hybridized carbons (Fsp3) is 0.211. The number of aromatic nitrogens is 2. The van der Waals surface area contributed by atoms with Gasteiger partial charge in [0, 0.05) is 10.6 Å². The molecule has 140 valence electrons. The van der Waals surface area contributed by atoms with Crippen LogP contribution in [-0.4, -0.2) is 30.3 Å². The summed E-state index contributed by atoms with van der Waals surface area (Å²) in [6.45, 7) is -0.104. The van der Waals surface area contributed by atoms with Crippen molar-refractivity contribution in [2.75, 3.05) is 14.2 Å². The van der Waals surface area contributed by atoms with Crippen LogP contribution in [-0.2, 0) is 22.6 Å². The van der Waals surface area contributed by atoms with E-state index >= 15 is 0 Å². The summed E-state index contributed by atoms with van der Waals surface area (Å²) in [6, 6.07) is 12.2. The smallest absolute Gasteiger partial charge is 0.310 e. The molecule has 0 spiro atoms. The van der Waals surface area contributed by atoms with E-state index in [1.54, 1.807) is 56.7 Å². The number of hydrogen-bond acceptors (Lipinski definition) is 7. The van der Waals surface area contributed by atoms with E-state index in [1.807, 2.05) is 0 Å². The number of carbonyl (C=O) groups excluding carboxylic acids is 1. The van der Waals surface area contributed by atoms with Crippen molar-refractivity contribution in [3.8, 4) is 22.9 Å². The Morgan fingerprint density at radius 2 is 1.81 bits per heavy atom. The molecule has 7 nitrogen and oxygen atoms in total. The first-order valence-electron chi connectivity index (χ1n) is 8.04. The van der Waals surface area contributed by atoms with Gasteiger partial charge in [-0.25, -0.2) is 0 Å². The van der Waals surface area contributed by atoms with E-state index in [2.05, 4.69) is 10.1 Å². The van der Waals surface area contributed by atoms with Crippen molar-refractivity contribution in [1.82, 2.24) is 10.1 Å². The number of rotatable bonds is 7. The van der Waals surface area contributed by atoms with Crippen LogP contribution in [0.4, 0.5) is 0 Å². The summed E-state index contributed by atoms with van der Waals surface area (Å²) in [4.78, 5) is 16.2. The number of nitrogens with zero attached hydrogens (tertiary/aromatic N) is 2. The molecular weight excluding hydrogens is 372 g/mol. The molecule has 8 heteroatoms. The Kier molecular flexibility index (Phi) is 5.93. The van der Waals surface area contributed by atoms with Crippen LogP contribution >= 0.6 is 11.6 Å². The molecule has 3 aromatic rings. The van der Waals surface area contributed by atoms with E-state index in [0.717, 1.165) is 5.56 Å². The average Bonchev–Trinajstić information content (AvgIpc) is 3.16. The first kappa shape index (κ1) is 18.7. The van der Waals surface area contributed by atoms with Crippen LogP contribution in [0.1, 0.15) is 11.5 Å². The molecule has 0 bridgehead atoms. The summed E-state index contributed by atoms with van der Waals surface area (Å²) in [6.07, 6.45) is 0.133. The zero-order valence-corrected chi connectivity index (χ0v) is 15.5. The number of ether oxygens (including phenoxy) is 3. The number of carbonyl (C=O) groups is 1. The lowest BCUT2D eigenvalue weighted by molar-refractivity contribution is -0.144. The molecule has 0 aliphatic carbocycles. The molecule has 0 atom stereocenters. The Morgan fingerprint density at radius 1 is 1.07 bits per heavy atom. The highest BCUT2D eigenvalue weighted by Gasteiger charge is 2.14. The van der Waals surface area contributed by atoms with Gasteiger partial charge in [-0.05, 0) is 35.9 Å². The van der Waals surface area contributed by atoms with Gasteiger partial charge in [-0.15, -0.1) is 0 Å². The molecule has 0 fully saturated rings. The molecule has 0 saturated heterocycles. The van der Waals surface area contributed by atoms with Gasteiger partial charge in [0.1, 0.15) is 0 Å². The third-order valence-electron chi connectivity index (χ3n) is 3.73. The van der Waals surface area contributed by atoms with Crippen molar-refractivity contribution in [2.24, 2.45) is 0 Å². The quantitative estimate of drug-likeness (QED) is 0.570. The Morgan fingerprint density at radius 3 is 2.52 bits per heavy atom. The number of halogens is 1. The van der Waals surface area contributed by atoms with Crippen LogP contribution in [0.5, 0.6) is 11.5 Å². The van der Waals surface area contributed by atoms with E-state index in [-0.39, 0.29) is 18.9 Å². The van der Waals surface area contributed by atoms with Crippen molar-refractivity contribution in [3.05, 3.63) is 58.9 Å². The zero-order chi connectivity index (χ0) is 19.2. The molecule has 0 aliphatic heterocycles. The minimum absolute atomic E-state index is 0.104. The van der Waals surface area contributed by atoms with Crippen molar-refractivity contribution >= 4 is 17.6 Å². The summed E-state index contributed by atoms with van der Waals surface area (Å²) in [5, 5.41) is 4.51. The number of hydrogen-bond donors (Lipinski definition) is 0. The second-order valence-electron chi connectivity index (χ2n) is 5.55. The normalized spacial score (nSPS) is 10.5. The predicted molar refractivity (Wildman–Crippen MR) is 97.8 cm³/mol. The van der Waals surface area contributed by atoms with Crippen molar-refractivity contribution < 1.29 is 23.5 Å². The second kappa shape index (κ2) is 8.55. The average molecular weight is 389 g/mol. The lowest BCUT2D eigenvalue weighted by atomic mass is 10.1. The fourth-order valence-electron chi connectivity index (χ4n) is 2.37. The van der Waals surface area contributed by atoms with Crippen LogP contribution in [0.25, 0.3) is 11.4 Å². The van der Waals surface area contributed by atoms with Crippen LogP contribution in [0.2, 0.25) is 5.02 Å². The van der Waals surface area contributed by atoms with Gasteiger partial charge in [-0.2, -0.15) is 4.98 Å². The Hall–Kier alpha value is -3.06. The molecule has 1 heterocycles. The minimum Gasteiger partial charge on any atom is -0.493 e. The molecule has 0 radical (unpaired) electrons. The van der Waals surface area contributed by atoms with Gasteiger partial charge < -0.3 is 18.7 Å². The van der Waals surface area contributed by atoms with Crippen molar-refractivity contribution in [2.45, 2.75) is 13.0 Å². The van der Waals surface area contributed by atoms with Crippen LogP contribution in [0.15, 0.2) is 47.0 Å². The molecule has 0 amide bonds. The largest absolute Gasteiger partial charge is 0.493 e. The number of methoxy groups -OCH3 is 2. The van der Waals surface area contributed by atoms with Gasteiger partial charge in [-0.1, -0.05) is 28.9 Å². The topological polar surface area (TPSA) is 83.7 Å². The SMILES string of the molecule is COc1ccc(-c2noc(COC(=O)Cc3ccc(Cl)cc3)n2)cc1OC. The molecular formula is C19H17ClN2O5. The summed E-state index contributed by atoms with van der Waals surface area (Å²) in [7, 11) is 3.10. The zero-order valence-electron chi connectivity index (χ0n) is 14.8. The summed E-state index contributed by atoms with van der Waals surface area (Å²) < 4.78 is 20.8. The summed E-state index contributed by atoms with van der Waals surface area (Å²) in [5.41, 5.74) is 1.50. The Balaban J connectivity index is 1.61. The molecule has 3 rings (SSSR count). The van der Waals surface area contributed by atoms with Gasteiger partial charge >= 0.3 is 5.97 Å². The van der Waals surface area contributed by atoms with Gasteiger partial charge in [0.05, 0.1) is 20.6 Å². The van der Waals surface area contributed by atoms with E-state index in [0.29, 0.717) is 27.9 Å². The van der Waals surface area contributed by atoms with Crippen molar-refractivity contribution in [1.29, 1.82) is 0 Å². The van der Waals surface area contributed by atoms with Crippen molar-refractivity contribution in [3.63, 3.8) is 0 Å². The second-order valence-corrected chi connectivity index (χ2v) is 5.98. The maximum Gasteiger partial charge on any atom is 0.310 e. The minimum atomic E-state index is -0.400. The molecule has 0 aliphatic rings. The highest BCUT2D eigenvalue weighted by Crippen LogP contribution is 2.31. The number of esters is 1. The molecule has 27 heavy (non-hydrogen) atoms. The molecule has 1 aromatic heterocycles. The maximum absolute atomic E-state index is 11.9. The van der Waals surface area contributed by atoms with Gasteiger partial charge in [0.25, 0.3) is 5.89 Å². The maximum atomic E-state index is 11.9. The van der Waals surface area contributed by atoms with E-state index in [4.69, 9.17) is 30.3 Å². The van der Waals surface area contributed by atoms with E-state index < -0.39 is 5.97 Å². The van der Waals surface area contributed by atoms with E-state index in [9.17, 15) is 4.79 Å². The molecule has 0 unspecified atom stereocenters. The third-order valence-corrected chi connectivity index (χ3v) is 3.98. The lowest BCUT2D eigenvalue weighted by Gasteiger charge is -2.07. The standard InChI is InChI=1S/C19H17ClN2O5/c1-24-15-8-5-13(10-16(15)25-2)19-21-17(27-22-19)11-26-18(23)9-12-3-6-14(20)7-4-12/h3-8,10H,9,11H2,1-2H3. The molecule has 0 saturated carbocycles. The molecule has 0 N–H and O–H groups in total. The first-order chi connectivity index (χ1) is 13.1. The number of benzene rings is 2. The first-order valence-corrected chi connectivity index (χ1v) is 8.42. The lowest BCUT2D eigenvalue weighted by Crippen LogP contribution is -2.08. The monoisotopic (exact) mass is 388 g/mol. The van der Waals surface area contributed by atoms with Gasteiger partial charge in [0.2, 0.25) is 5.82 Å². The Labute approximate surface area is 160 Å². The fourth-order valence-corrected chi connectivity index (χ4v) is 2.49. The van der Waals surface area contributed by atoms with Gasteiger partial charge in [-0.3, -0.25) is 4.79 Å². The summed E-state index contributed by atoms with van der Waals surface area (Å²) in [5.74, 6) is 1.31. The Bertz CT molecular complexity index is 924. The molecule has 2 aromatic carbocycles. The van der Waals surface area contributed by atoms with Crippen LogP contribution in [0, 0.1) is 0 Å². The predicted octanol–water partition coefficient (Wildman–Crippen LogP) is 3.69. The van der Waals surface area contributed by atoms with Crippen LogP contribution in [0.3, 0.4) is 0 Å². The third kappa shape index (κ3) is 4.77.